The molecule has 60 valence electrons. The van der Waals surface area contributed by atoms with E-state index in [4.69, 9.17) is 34.8 Å². The van der Waals surface area contributed by atoms with E-state index in [1.54, 1.807) is 0 Å². The highest BCUT2D eigenvalue weighted by atomic mass is 35.5. The zero-order chi connectivity index (χ0) is 8.43. The number of thiazole rings is 1. The highest BCUT2D eigenvalue weighted by Crippen LogP contribution is 2.34. The van der Waals surface area contributed by atoms with Crippen molar-refractivity contribution in [3.8, 4) is 0 Å². The minimum absolute atomic E-state index is 0.206. The van der Waals surface area contributed by atoms with Crippen molar-refractivity contribution < 1.29 is 4.79 Å². The van der Waals surface area contributed by atoms with Crippen LogP contribution in [0, 0.1) is 0 Å². The molecule has 0 spiro atoms. The number of nitrogens with zero attached hydrogens (tertiary/aromatic N) is 1. The molecule has 0 fully saturated rings. The molecule has 0 bridgehead atoms. The van der Waals surface area contributed by atoms with Crippen molar-refractivity contribution in [3.63, 3.8) is 0 Å². The summed E-state index contributed by atoms with van der Waals surface area (Å²) in [6, 6.07) is 0. The van der Waals surface area contributed by atoms with Gasteiger partial charge in [0.1, 0.15) is 4.34 Å². The summed E-state index contributed by atoms with van der Waals surface area (Å²) in [5, 5.41) is 0.206. The fourth-order valence-electron chi connectivity index (χ4n) is 0.378. The fourth-order valence-corrected chi connectivity index (χ4v) is 2.77. The van der Waals surface area contributed by atoms with Gasteiger partial charge in [0, 0.05) is 0 Å². The van der Waals surface area contributed by atoms with E-state index >= 15 is 0 Å². The first-order valence-corrected chi connectivity index (χ1v) is 5.05. The van der Waals surface area contributed by atoms with E-state index < -0.39 is 4.57 Å². The zero-order valence-electron chi connectivity index (χ0n) is 4.81. The van der Waals surface area contributed by atoms with Crippen LogP contribution in [0.1, 0.15) is 0 Å². The molecule has 0 N–H and O–H groups in total. The molecule has 1 aromatic rings. The summed E-state index contributed by atoms with van der Waals surface area (Å²) in [5.74, 6) is 0. The smallest absolute Gasteiger partial charge is 0.268 e. The highest BCUT2D eigenvalue weighted by Gasteiger charge is 2.09. The number of aromatic nitrogens is 1. The molecule has 0 radical (unpaired) electrons. The van der Waals surface area contributed by atoms with E-state index in [1.165, 1.54) is 0 Å². The monoisotopic (exact) mass is 247 g/mol. The van der Waals surface area contributed by atoms with Crippen LogP contribution in [0.2, 0.25) is 9.49 Å². The zero-order valence-corrected chi connectivity index (χ0v) is 8.71. The van der Waals surface area contributed by atoms with Crippen molar-refractivity contribution in [1.82, 2.24) is 4.98 Å². The minimum atomic E-state index is -0.549. The van der Waals surface area contributed by atoms with Crippen LogP contribution in [-0.2, 0) is 0 Å². The van der Waals surface area contributed by atoms with E-state index in [9.17, 15) is 4.79 Å². The SMILES string of the molecule is O=C(Cl)Sc1nc(Cl)c(Cl)s1. The number of carbonyl (C=O) groups excluding carboxylic acids is 1. The Kier molecular flexibility index (Phi) is 3.46. The van der Waals surface area contributed by atoms with Gasteiger partial charge < -0.3 is 0 Å². The van der Waals surface area contributed by atoms with Crippen LogP contribution in [0.3, 0.4) is 0 Å². The molecule has 0 aliphatic heterocycles. The Hall–Kier alpha value is 0.520. The Morgan fingerprint density at radius 2 is 2.18 bits per heavy atom. The quantitative estimate of drug-likeness (QED) is 0.558. The molecule has 0 unspecified atom stereocenters. The second-order valence-electron chi connectivity index (χ2n) is 1.38. The Labute approximate surface area is 85.9 Å². The van der Waals surface area contributed by atoms with Gasteiger partial charge in [-0.25, -0.2) is 4.98 Å². The summed E-state index contributed by atoms with van der Waals surface area (Å²) in [7, 11) is 0. The van der Waals surface area contributed by atoms with Crippen molar-refractivity contribution in [2.75, 3.05) is 0 Å². The van der Waals surface area contributed by atoms with Crippen LogP contribution in [0.5, 0.6) is 0 Å². The summed E-state index contributed by atoms with van der Waals surface area (Å²) in [6.45, 7) is 0. The largest absolute Gasteiger partial charge is 0.286 e. The molecule has 0 aliphatic carbocycles. The molecular formula is C4Cl3NOS2. The van der Waals surface area contributed by atoms with Crippen molar-refractivity contribution in [3.05, 3.63) is 9.49 Å². The molecule has 1 aromatic heterocycles. The van der Waals surface area contributed by atoms with Crippen LogP contribution in [0.25, 0.3) is 0 Å². The molecule has 0 atom stereocenters. The summed E-state index contributed by atoms with van der Waals surface area (Å²) >= 11 is 18.1. The van der Waals surface area contributed by atoms with Crippen molar-refractivity contribution in [1.29, 1.82) is 0 Å². The van der Waals surface area contributed by atoms with E-state index in [1.807, 2.05) is 0 Å². The number of rotatable bonds is 1. The van der Waals surface area contributed by atoms with Gasteiger partial charge in [0.05, 0.1) is 0 Å². The molecule has 0 saturated carbocycles. The van der Waals surface area contributed by atoms with Crippen LogP contribution in [-0.4, -0.2) is 9.56 Å². The second kappa shape index (κ2) is 3.96. The second-order valence-corrected chi connectivity index (χ2v) is 5.13. The Morgan fingerprint density at radius 3 is 2.55 bits per heavy atom. The van der Waals surface area contributed by atoms with Gasteiger partial charge in [-0.15, -0.1) is 0 Å². The molecule has 0 aromatic carbocycles. The van der Waals surface area contributed by atoms with Gasteiger partial charge in [0.25, 0.3) is 4.57 Å². The molecule has 1 rings (SSSR count). The van der Waals surface area contributed by atoms with E-state index in [0.717, 1.165) is 23.1 Å². The lowest BCUT2D eigenvalue weighted by Crippen LogP contribution is -1.71. The van der Waals surface area contributed by atoms with Gasteiger partial charge in [-0.1, -0.05) is 34.5 Å². The maximum atomic E-state index is 10.3. The summed E-state index contributed by atoms with van der Waals surface area (Å²) in [4.78, 5) is 14.1. The van der Waals surface area contributed by atoms with Crippen LogP contribution >= 0.6 is 57.9 Å². The molecule has 0 saturated heterocycles. The van der Waals surface area contributed by atoms with Crippen molar-refractivity contribution >= 4 is 62.5 Å². The van der Waals surface area contributed by atoms with Gasteiger partial charge in [-0.05, 0) is 23.4 Å². The molecular weight excluding hydrogens is 249 g/mol. The molecule has 7 heteroatoms. The first kappa shape index (κ1) is 9.61. The summed E-state index contributed by atoms with van der Waals surface area (Å²) < 4.78 is 0.277. The third kappa shape index (κ3) is 2.80. The number of hydrogen-bond acceptors (Lipinski definition) is 4. The van der Waals surface area contributed by atoms with Gasteiger partial charge in [-0.2, -0.15) is 0 Å². The van der Waals surface area contributed by atoms with E-state index in [2.05, 4.69) is 4.98 Å². The third-order valence-corrected chi connectivity index (χ3v) is 3.39. The van der Waals surface area contributed by atoms with Gasteiger partial charge in [0.2, 0.25) is 0 Å². The molecule has 11 heavy (non-hydrogen) atoms. The molecule has 0 amide bonds. The molecule has 1 heterocycles. The number of halogens is 3. The summed E-state index contributed by atoms with van der Waals surface area (Å²) in [5.41, 5.74) is 0. The topological polar surface area (TPSA) is 30.0 Å². The Bertz CT molecular complexity index is 267. The predicted molar refractivity (Wildman–Crippen MR) is 49.2 cm³/mol. The normalized spacial score (nSPS) is 10.1. The Morgan fingerprint density at radius 1 is 1.55 bits per heavy atom. The first-order valence-electron chi connectivity index (χ1n) is 2.28. The van der Waals surface area contributed by atoms with Crippen LogP contribution < -0.4 is 0 Å². The average Bonchev–Trinajstić information content (AvgIpc) is 2.10. The number of hydrogen-bond donors (Lipinski definition) is 0. The fraction of sp³-hybridized carbons (Fsp3) is 0. The van der Waals surface area contributed by atoms with Crippen LogP contribution in [0.4, 0.5) is 4.79 Å². The number of thioether (sulfide) groups is 1. The maximum Gasteiger partial charge on any atom is 0.286 e. The molecule has 2 nitrogen and oxygen atoms in total. The Balaban J connectivity index is 2.81. The first-order chi connectivity index (χ1) is 5.09. The maximum absolute atomic E-state index is 10.3. The molecule has 0 aliphatic rings. The standard InChI is InChI=1S/C4Cl3NOS2/c5-1-2(6)10-4(8-1)11-3(7)9. The third-order valence-electron chi connectivity index (χ3n) is 0.696. The van der Waals surface area contributed by atoms with Gasteiger partial charge in [0.15, 0.2) is 9.49 Å². The highest BCUT2D eigenvalue weighted by molar-refractivity contribution is 8.17. The lowest BCUT2D eigenvalue weighted by molar-refractivity contribution is 0.276. The number of carbonyl (C=O) groups is 1. The predicted octanol–water partition coefficient (Wildman–Crippen LogP) is 3.90. The van der Waals surface area contributed by atoms with Crippen molar-refractivity contribution in [2.24, 2.45) is 0 Å². The summed E-state index contributed by atoms with van der Waals surface area (Å²) in [6.07, 6.45) is 0. The van der Waals surface area contributed by atoms with E-state index in [0.29, 0.717) is 8.68 Å². The lowest BCUT2D eigenvalue weighted by atomic mass is 11.0. The van der Waals surface area contributed by atoms with Crippen molar-refractivity contribution in [2.45, 2.75) is 4.34 Å². The van der Waals surface area contributed by atoms with E-state index in [-0.39, 0.29) is 5.15 Å². The van der Waals surface area contributed by atoms with Gasteiger partial charge >= 0.3 is 0 Å². The average molecular weight is 249 g/mol. The van der Waals surface area contributed by atoms with Gasteiger partial charge in [-0.3, -0.25) is 4.79 Å². The minimum Gasteiger partial charge on any atom is -0.268 e. The van der Waals surface area contributed by atoms with Crippen LogP contribution in [0.15, 0.2) is 4.34 Å². The lowest BCUT2D eigenvalue weighted by Gasteiger charge is -1.82.